The van der Waals surface area contributed by atoms with Gasteiger partial charge in [-0.25, -0.2) is 4.99 Å². The first-order valence-electron chi connectivity index (χ1n) is 9.15. The van der Waals surface area contributed by atoms with Crippen LogP contribution in [0.4, 0.5) is 5.69 Å². The number of hydrogen-bond donors (Lipinski definition) is 0. The van der Waals surface area contributed by atoms with Gasteiger partial charge in [0.05, 0.1) is 12.0 Å². The summed E-state index contributed by atoms with van der Waals surface area (Å²) < 4.78 is 11.8. The summed E-state index contributed by atoms with van der Waals surface area (Å²) in [6.45, 7) is 13.0. The lowest BCUT2D eigenvalue weighted by Gasteiger charge is -2.25. The molecule has 0 saturated carbocycles. The lowest BCUT2D eigenvalue weighted by molar-refractivity contribution is 0.0464. The molecular formula is C23H30N2O2. The number of aliphatic imine (C=N–C) groups is 1. The Morgan fingerprint density at radius 3 is 2.56 bits per heavy atom. The summed E-state index contributed by atoms with van der Waals surface area (Å²) in [6.07, 6.45) is 3.65. The highest BCUT2D eigenvalue weighted by Crippen LogP contribution is 2.34. The van der Waals surface area contributed by atoms with Crippen LogP contribution in [-0.2, 0) is 10.3 Å². The van der Waals surface area contributed by atoms with Gasteiger partial charge in [0.25, 0.3) is 0 Å². The van der Waals surface area contributed by atoms with E-state index >= 15 is 0 Å². The monoisotopic (exact) mass is 366 g/mol. The lowest BCUT2D eigenvalue weighted by Crippen LogP contribution is -2.20. The Labute approximate surface area is 163 Å². The molecule has 0 aromatic heterocycles. The Hall–Kier alpha value is -2.59. The molecule has 0 N–H and O–H groups in total. The van der Waals surface area contributed by atoms with E-state index in [1.807, 2.05) is 69.4 Å². The van der Waals surface area contributed by atoms with Crippen molar-refractivity contribution in [3.05, 3.63) is 65.7 Å². The number of rotatable bonds is 8. The van der Waals surface area contributed by atoms with Crippen molar-refractivity contribution >= 4 is 12.0 Å². The number of nitrogens with zero attached hydrogens (tertiary/aromatic N) is 2. The quantitative estimate of drug-likeness (QED) is 0.339. The zero-order valence-electron chi connectivity index (χ0n) is 17.2. The second-order valence-electron chi connectivity index (χ2n) is 6.87. The highest BCUT2D eigenvalue weighted by Gasteiger charge is 2.22. The molecule has 2 aromatic rings. The van der Waals surface area contributed by atoms with Crippen LogP contribution in [0.2, 0.25) is 0 Å². The third-order valence-electron chi connectivity index (χ3n) is 4.83. The second-order valence-corrected chi connectivity index (χ2v) is 6.87. The van der Waals surface area contributed by atoms with Crippen molar-refractivity contribution in [3.8, 4) is 11.5 Å². The summed E-state index contributed by atoms with van der Waals surface area (Å²) >= 11 is 0. The number of methoxy groups -OCH3 is 1. The van der Waals surface area contributed by atoms with Crippen LogP contribution in [0.25, 0.3) is 0 Å². The van der Waals surface area contributed by atoms with E-state index in [1.165, 1.54) is 0 Å². The van der Waals surface area contributed by atoms with Gasteiger partial charge in [-0.3, -0.25) is 0 Å². The van der Waals surface area contributed by atoms with Gasteiger partial charge >= 0.3 is 0 Å². The minimum Gasteiger partial charge on any atom is -0.457 e. The average molecular weight is 367 g/mol. The molecule has 4 heteroatoms. The zero-order chi connectivity index (χ0) is 20.0. The normalized spacial score (nSPS) is 13.4. The van der Waals surface area contributed by atoms with Crippen molar-refractivity contribution in [3.63, 3.8) is 0 Å². The molecule has 27 heavy (non-hydrogen) atoms. The van der Waals surface area contributed by atoms with Crippen LogP contribution in [0.5, 0.6) is 11.5 Å². The molecule has 0 aliphatic rings. The molecule has 1 unspecified atom stereocenters. The predicted molar refractivity (Wildman–Crippen MR) is 113 cm³/mol. The van der Waals surface area contributed by atoms with Crippen LogP contribution in [0.3, 0.4) is 0 Å². The maximum absolute atomic E-state index is 6.16. The van der Waals surface area contributed by atoms with E-state index in [9.17, 15) is 0 Å². The van der Waals surface area contributed by atoms with E-state index in [4.69, 9.17) is 9.47 Å². The smallest absolute Gasteiger partial charge is 0.130 e. The van der Waals surface area contributed by atoms with Crippen molar-refractivity contribution in [1.29, 1.82) is 0 Å². The van der Waals surface area contributed by atoms with Crippen molar-refractivity contribution in [2.24, 2.45) is 4.99 Å². The van der Waals surface area contributed by atoms with Crippen molar-refractivity contribution in [2.45, 2.75) is 33.3 Å². The minimum atomic E-state index is -0.547. The third-order valence-corrected chi connectivity index (χ3v) is 4.83. The summed E-state index contributed by atoms with van der Waals surface area (Å²) in [5, 5.41) is 0. The first kappa shape index (κ1) is 20.7. The summed E-state index contributed by atoms with van der Waals surface area (Å²) in [4.78, 5) is 6.61. The molecule has 2 aromatic carbocycles. The Morgan fingerprint density at radius 1 is 1.19 bits per heavy atom. The number of hydrogen-bond acceptors (Lipinski definition) is 3. The highest BCUT2D eigenvalue weighted by molar-refractivity contribution is 5.64. The fourth-order valence-electron chi connectivity index (χ4n) is 2.58. The predicted octanol–water partition coefficient (Wildman–Crippen LogP) is 5.75. The molecule has 2 rings (SSSR count). The van der Waals surface area contributed by atoms with Crippen LogP contribution in [0, 0.1) is 13.8 Å². The molecular weight excluding hydrogens is 336 g/mol. The summed E-state index contributed by atoms with van der Waals surface area (Å²) in [5.74, 6) is 1.59. The van der Waals surface area contributed by atoms with E-state index in [0.29, 0.717) is 0 Å². The second kappa shape index (κ2) is 8.87. The van der Waals surface area contributed by atoms with Crippen LogP contribution >= 0.6 is 0 Å². The standard InChI is InChI=1S/C23H30N2O2/c1-8-23(5,26-7)19-11-10-12-20(15-19)27-22-14-17(3)21(13-18(22)4)24-16-25(6)9-2/h8,10-16H,1,9H2,2-7H3/b24-16+. The maximum atomic E-state index is 6.16. The van der Waals surface area contributed by atoms with Crippen LogP contribution in [-0.4, -0.2) is 31.9 Å². The summed E-state index contributed by atoms with van der Waals surface area (Å²) in [5.41, 5.74) is 3.51. The van der Waals surface area contributed by atoms with Crippen LogP contribution in [0.15, 0.2) is 54.0 Å². The van der Waals surface area contributed by atoms with E-state index < -0.39 is 5.60 Å². The Bertz CT molecular complexity index is 829. The molecule has 0 fully saturated rings. The molecule has 0 radical (unpaired) electrons. The van der Waals surface area contributed by atoms with Gasteiger partial charge in [-0.15, -0.1) is 0 Å². The fraction of sp³-hybridized carbons (Fsp3) is 0.348. The van der Waals surface area contributed by atoms with Crippen LogP contribution in [0.1, 0.15) is 30.5 Å². The molecule has 4 nitrogen and oxygen atoms in total. The molecule has 144 valence electrons. The molecule has 0 amide bonds. The largest absolute Gasteiger partial charge is 0.457 e. The van der Waals surface area contributed by atoms with E-state index in [-0.39, 0.29) is 0 Å². The van der Waals surface area contributed by atoms with Gasteiger partial charge in [0.15, 0.2) is 0 Å². The van der Waals surface area contributed by atoms with Crippen LogP contribution < -0.4 is 4.74 Å². The topological polar surface area (TPSA) is 34.1 Å². The first-order valence-corrected chi connectivity index (χ1v) is 9.15. The van der Waals surface area contributed by atoms with Gasteiger partial charge in [-0.2, -0.15) is 0 Å². The van der Waals surface area contributed by atoms with Crippen molar-refractivity contribution < 1.29 is 9.47 Å². The van der Waals surface area contributed by atoms with E-state index in [2.05, 4.69) is 24.6 Å². The zero-order valence-corrected chi connectivity index (χ0v) is 17.2. The fourth-order valence-corrected chi connectivity index (χ4v) is 2.58. The molecule has 0 heterocycles. The Balaban J connectivity index is 2.29. The Kier molecular flexibility index (Phi) is 6.81. The molecule has 0 aliphatic carbocycles. The molecule has 0 spiro atoms. The van der Waals surface area contributed by atoms with E-state index in [0.717, 1.165) is 40.4 Å². The van der Waals surface area contributed by atoms with Gasteiger partial charge < -0.3 is 14.4 Å². The number of aryl methyl sites for hydroxylation is 2. The Morgan fingerprint density at radius 2 is 1.93 bits per heavy atom. The van der Waals surface area contributed by atoms with Gasteiger partial charge in [0.2, 0.25) is 0 Å². The summed E-state index contributed by atoms with van der Waals surface area (Å²) in [6, 6.07) is 12.0. The van der Waals surface area contributed by atoms with Crippen molar-refractivity contribution in [2.75, 3.05) is 20.7 Å². The lowest BCUT2D eigenvalue weighted by atomic mass is 9.96. The molecule has 0 bridgehead atoms. The SMILES string of the molecule is C=CC(C)(OC)c1cccc(Oc2cc(C)c(/N=C/N(C)CC)cc2C)c1. The first-order chi connectivity index (χ1) is 12.8. The maximum Gasteiger partial charge on any atom is 0.130 e. The van der Waals surface area contributed by atoms with Gasteiger partial charge in [-0.1, -0.05) is 24.8 Å². The van der Waals surface area contributed by atoms with Gasteiger partial charge in [0, 0.05) is 20.7 Å². The molecule has 1 atom stereocenters. The minimum absolute atomic E-state index is 0.547. The third kappa shape index (κ3) is 4.98. The number of benzene rings is 2. The summed E-state index contributed by atoms with van der Waals surface area (Å²) in [7, 11) is 3.69. The van der Waals surface area contributed by atoms with Gasteiger partial charge in [0.1, 0.15) is 17.1 Å². The average Bonchev–Trinajstić information content (AvgIpc) is 2.68. The highest BCUT2D eigenvalue weighted by atomic mass is 16.5. The molecule has 0 aliphatic heterocycles. The number of ether oxygens (including phenoxy) is 2. The van der Waals surface area contributed by atoms with Gasteiger partial charge in [-0.05, 0) is 68.7 Å². The molecule has 0 saturated heterocycles. The van der Waals surface area contributed by atoms with E-state index in [1.54, 1.807) is 13.2 Å². The van der Waals surface area contributed by atoms with Crippen molar-refractivity contribution in [1.82, 2.24) is 4.90 Å².